The number of hydrogen-bond acceptors (Lipinski definition) is 6. The van der Waals surface area contributed by atoms with E-state index < -0.39 is 5.97 Å². The molecular formula is C10H17N3O2S. The van der Waals surface area contributed by atoms with Crippen molar-refractivity contribution in [3.63, 3.8) is 0 Å². The highest BCUT2D eigenvalue weighted by Gasteiger charge is 2.20. The number of ether oxygens (including phenoxy) is 1. The van der Waals surface area contributed by atoms with Crippen molar-refractivity contribution in [1.29, 1.82) is 0 Å². The summed E-state index contributed by atoms with van der Waals surface area (Å²) in [5, 5.41) is 3.83. The third kappa shape index (κ3) is 3.10. The molecule has 0 saturated carbocycles. The first-order valence-electron chi connectivity index (χ1n) is 5.22. The van der Waals surface area contributed by atoms with E-state index in [0.29, 0.717) is 23.1 Å². The van der Waals surface area contributed by atoms with Crippen molar-refractivity contribution >= 4 is 28.3 Å². The minimum absolute atomic E-state index is 0.231. The van der Waals surface area contributed by atoms with Crippen LogP contribution >= 0.6 is 11.5 Å². The first-order valence-corrected chi connectivity index (χ1v) is 5.99. The molecule has 90 valence electrons. The van der Waals surface area contributed by atoms with Crippen LogP contribution in [0.25, 0.3) is 0 Å². The molecule has 0 saturated heterocycles. The minimum Gasteiger partial charge on any atom is -0.462 e. The summed E-state index contributed by atoms with van der Waals surface area (Å²) in [4.78, 5) is 11.6. The van der Waals surface area contributed by atoms with E-state index in [9.17, 15) is 4.79 Å². The Kier molecular flexibility index (Phi) is 4.54. The van der Waals surface area contributed by atoms with Gasteiger partial charge in [-0.05, 0) is 24.4 Å². The van der Waals surface area contributed by atoms with Gasteiger partial charge in [-0.15, -0.1) is 0 Å². The van der Waals surface area contributed by atoms with E-state index in [1.165, 1.54) is 11.5 Å². The Balaban J connectivity index is 2.81. The number of rotatable bonds is 5. The van der Waals surface area contributed by atoms with Crippen molar-refractivity contribution in [3.8, 4) is 0 Å². The Morgan fingerprint density at radius 3 is 2.88 bits per heavy atom. The average molecular weight is 243 g/mol. The van der Waals surface area contributed by atoms with E-state index in [0.717, 1.165) is 6.54 Å². The van der Waals surface area contributed by atoms with Crippen LogP contribution in [0.1, 0.15) is 31.1 Å². The molecule has 0 aliphatic heterocycles. The number of nitrogens with one attached hydrogen (secondary N) is 1. The minimum atomic E-state index is -0.417. The van der Waals surface area contributed by atoms with Gasteiger partial charge in [0.2, 0.25) is 0 Å². The molecule has 3 N–H and O–H groups in total. The van der Waals surface area contributed by atoms with Crippen molar-refractivity contribution in [2.75, 3.05) is 24.2 Å². The van der Waals surface area contributed by atoms with Gasteiger partial charge in [0.1, 0.15) is 10.6 Å². The van der Waals surface area contributed by atoms with Crippen molar-refractivity contribution in [2.24, 2.45) is 5.92 Å². The maximum atomic E-state index is 11.6. The molecule has 1 aromatic rings. The maximum Gasteiger partial charge on any atom is 0.344 e. The van der Waals surface area contributed by atoms with Crippen molar-refractivity contribution in [3.05, 3.63) is 5.56 Å². The molecular weight excluding hydrogens is 226 g/mol. The van der Waals surface area contributed by atoms with Gasteiger partial charge in [-0.3, -0.25) is 0 Å². The second kappa shape index (κ2) is 5.69. The van der Waals surface area contributed by atoms with Gasteiger partial charge < -0.3 is 15.8 Å². The van der Waals surface area contributed by atoms with Crippen molar-refractivity contribution in [1.82, 2.24) is 4.37 Å². The summed E-state index contributed by atoms with van der Waals surface area (Å²) in [6.07, 6.45) is 0. The monoisotopic (exact) mass is 243 g/mol. The zero-order valence-electron chi connectivity index (χ0n) is 9.74. The van der Waals surface area contributed by atoms with Crippen LogP contribution in [0.5, 0.6) is 0 Å². The lowest BCUT2D eigenvalue weighted by Gasteiger charge is -2.08. The summed E-state index contributed by atoms with van der Waals surface area (Å²) in [5.41, 5.74) is 5.99. The fourth-order valence-corrected chi connectivity index (χ4v) is 1.83. The van der Waals surface area contributed by atoms with Gasteiger partial charge in [0.25, 0.3) is 0 Å². The lowest BCUT2D eigenvalue weighted by atomic mass is 10.2. The van der Waals surface area contributed by atoms with Gasteiger partial charge in [0.15, 0.2) is 5.82 Å². The van der Waals surface area contributed by atoms with Gasteiger partial charge >= 0.3 is 5.97 Å². The molecule has 0 unspecified atom stereocenters. The predicted molar refractivity (Wildman–Crippen MR) is 65.8 cm³/mol. The summed E-state index contributed by atoms with van der Waals surface area (Å²) in [5.74, 6) is 0.299. The highest BCUT2D eigenvalue weighted by atomic mass is 32.1. The highest BCUT2D eigenvalue weighted by Crippen LogP contribution is 2.27. The van der Waals surface area contributed by atoms with Crippen LogP contribution in [-0.4, -0.2) is 23.5 Å². The zero-order valence-corrected chi connectivity index (χ0v) is 10.6. The summed E-state index contributed by atoms with van der Waals surface area (Å²) in [6, 6.07) is 0. The maximum absolute atomic E-state index is 11.6. The number of esters is 1. The summed E-state index contributed by atoms with van der Waals surface area (Å²) >= 11 is 1.19. The van der Waals surface area contributed by atoms with E-state index in [1.54, 1.807) is 6.92 Å². The van der Waals surface area contributed by atoms with E-state index in [1.807, 2.05) is 0 Å². The molecule has 16 heavy (non-hydrogen) atoms. The SMILES string of the molecule is CCOC(=O)c1c(N)nsc1NCC(C)C. The van der Waals surface area contributed by atoms with E-state index in [-0.39, 0.29) is 5.82 Å². The number of carbonyl (C=O) groups is 1. The number of anilines is 2. The second-order valence-corrected chi connectivity index (χ2v) is 4.54. The van der Waals surface area contributed by atoms with Crippen LogP contribution in [0, 0.1) is 5.92 Å². The topological polar surface area (TPSA) is 77.2 Å². The molecule has 0 aliphatic carbocycles. The van der Waals surface area contributed by atoms with Gasteiger partial charge in [-0.25, -0.2) is 4.79 Å². The number of nitrogens with zero attached hydrogens (tertiary/aromatic N) is 1. The first-order chi connectivity index (χ1) is 7.56. The molecule has 0 aromatic carbocycles. The number of hydrogen-bond donors (Lipinski definition) is 2. The third-order valence-electron chi connectivity index (χ3n) is 1.87. The molecule has 1 aromatic heterocycles. The summed E-state index contributed by atoms with van der Waals surface area (Å²) in [7, 11) is 0. The smallest absolute Gasteiger partial charge is 0.344 e. The Morgan fingerprint density at radius 1 is 1.62 bits per heavy atom. The van der Waals surface area contributed by atoms with E-state index in [4.69, 9.17) is 10.5 Å². The van der Waals surface area contributed by atoms with E-state index in [2.05, 4.69) is 23.5 Å². The molecule has 0 aliphatic rings. The Morgan fingerprint density at radius 2 is 2.31 bits per heavy atom. The molecule has 0 bridgehead atoms. The molecule has 0 radical (unpaired) electrons. The zero-order chi connectivity index (χ0) is 12.1. The number of carbonyl (C=O) groups excluding carboxylic acids is 1. The molecule has 0 fully saturated rings. The standard InChI is InChI=1S/C10H17N3O2S/c1-4-15-10(14)7-8(11)13-16-9(7)12-5-6(2)3/h6,12H,4-5H2,1-3H3,(H2,11,13). The molecule has 5 nitrogen and oxygen atoms in total. The highest BCUT2D eigenvalue weighted by molar-refractivity contribution is 7.11. The predicted octanol–water partition coefficient (Wildman–Crippen LogP) is 1.97. The fourth-order valence-electron chi connectivity index (χ4n) is 1.12. The third-order valence-corrected chi connectivity index (χ3v) is 2.69. The molecule has 0 atom stereocenters. The number of nitrogen functional groups attached to an aromatic ring is 1. The van der Waals surface area contributed by atoms with E-state index >= 15 is 0 Å². The summed E-state index contributed by atoms with van der Waals surface area (Å²) in [6.45, 7) is 7.03. The van der Waals surface area contributed by atoms with Crippen LogP contribution < -0.4 is 11.1 Å². The normalized spacial score (nSPS) is 10.5. The lowest BCUT2D eigenvalue weighted by molar-refractivity contribution is 0.0529. The van der Waals surface area contributed by atoms with Crippen molar-refractivity contribution in [2.45, 2.75) is 20.8 Å². The quantitative estimate of drug-likeness (QED) is 0.773. The Labute approximate surface area is 99.2 Å². The number of aromatic nitrogens is 1. The van der Waals surface area contributed by atoms with Crippen LogP contribution in [-0.2, 0) is 4.74 Å². The molecule has 1 rings (SSSR count). The van der Waals surface area contributed by atoms with Crippen LogP contribution in [0.3, 0.4) is 0 Å². The average Bonchev–Trinajstić information content (AvgIpc) is 2.57. The van der Waals surface area contributed by atoms with Gasteiger partial charge in [0.05, 0.1) is 6.61 Å². The molecule has 6 heteroatoms. The summed E-state index contributed by atoms with van der Waals surface area (Å²) < 4.78 is 8.88. The number of nitrogens with two attached hydrogens (primary N) is 1. The first kappa shape index (κ1) is 12.8. The molecule has 0 spiro atoms. The van der Waals surface area contributed by atoms with Crippen molar-refractivity contribution < 1.29 is 9.53 Å². The lowest BCUT2D eigenvalue weighted by Crippen LogP contribution is -2.12. The molecule has 1 heterocycles. The van der Waals surface area contributed by atoms with Gasteiger partial charge in [-0.1, -0.05) is 13.8 Å². The van der Waals surface area contributed by atoms with Crippen LogP contribution in [0.2, 0.25) is 0 Å². The second-order valence-electron chi connectivity index (χ2n) is 3.77. The Bertz CT molecular complexity index is 363. The fraction of sp³-hybridized carbons (Fsp3) is 0.600. The van der Waals surface area contributed by atoms with Gasteiger partial charge in [0, 0.05) is 6.54 Å². The largest absolute Gasteiger partial charge is 0.462 e. The van der Waals surface area contributed by atoms with Crippen LogP contribution in [0.15, 0.2) is 0 Å². The van der Waals surface area contributed by atoms with Gasteiger partial charge in [-0.2, -0.15) is 4.37 Å². The Hall–Kier alpha value is -1.30. The van der Waals surface area contributed by atoms with Crippen LogP contribution in [0.4, 0.5) is 10.8 Å². The molecule has 0 amide bonds.